The lowest BCUT2D eigenvalue weighted by Gasteiger charge is -2.19. The maximum Gasteiger partial charge on any atom is 0.310 e. The van der Waals surface area contributed by atoms with Gasteiger partial charge in [-0.25, -0.2) is 0 Å². The Morgan fingerprint density at radius 3 is 2.72 bits per heavy atom. The number of ketones is 1. The van der Waals surface area contributed by atoms with E-state index in [1.807, 2.05) is 12.1 Å². The van der Waals surface area contributed by atoms with Gasteiger partial charge in [-0.2, -0.15) is 0 Å². The SMILES string of the molecule is CCOC(=O)Cc1ccc2c(c1)OC/C(=C\c1ccc(N)cc1)C2=O. The highest BCUT2D eigenvalue weighted by Gasteiger charge is 2.23. The van der Waals surface area contributed by atoms with Gasteiger partial charge in [0.2, 0.25) is 0 Å². The normalized spacial score (nSPS) is 14.8. The van der Waals surface area contributed by atoms with Crippen molar-refractivity contribution in [3.05, 3.63) is 64.7 Å². The standard InChI is InChI=1S/C20H19NO4/c1-2-24-19(22)11-14-5-8-17-18(10-14)25-12-15(20(17)23)9-13-3-6-16(21)7-4-13/h3-10H,2,11-12,21H2,1H3/b15-9+. The van der Waals surface area contributed by atoms with Crippen molar-refractivity contribution in [1.29, 1.82) is 0 Å². The van der Waals surface area contributed by atoms with Crippen LogP contribution in [0.1, 0.15) is 28.4 Å². The van der Waals surface area contributed by atoms with Crippen LogP contribution in [0.3, 0.4) is 0 Å². The van der Waals surface area contributed by atoms with Crippen LogP contribution >= 0.6 is 0 Å². The lowest BCUT2D eigenvalue weighted by Crippen LogP contribution is -2.19. The number of benzene rings is 2. The number of Topliss-reactive ketones (excluding diaryl/α,β-unsaturated/α-hetero) is 1. The molecule has 128 valence electrons. The molecule has 3 rings (SSSR count). The molecule has 5 nitrogen and oxygen atoms in total. The molecule has 1 heterocycles. The van der Waals surface area contributed by atoms with Crippen molar-refractivity contribution in [2.75, 3.05) is 18.9 Å². The van der Waals surface area contributed by atoms with Crippen LogP contribution in [0.2, 0.25) is 0 Å². The van der Waals surface area contributed by atoms with Crippen molar-refractivity contribution in [1.82, 2.24) is 0 Å². The van der Waals surface area contributed by atoms with Crippen molar-refractivity contribution in [3.8, 4) is 5.75 Å². The first-order chi connectivity index (χ1) is 12.1. The second-order valence-electron chi connectivity index (χ2n) is 5.77. The Bertz CT molecular complexity index is 837. The number of anilines is 1. The van der Waals surface area contributed by atoms with Gasteiger partial charge in [0.15, 0.2) is 5.78 Å². The Hall–Kier alpha value is -3.08. The van der Waals surface area contributed by atoms with Gasteiger partial charge >= 0.3 is 5.97 Å². The van der Waals surface area contributed by atoms with E-state index in [4.69, 9.17) is 15.2 Å². The largest absolute Gasteiger partial charge is 0.488 e. The van der Waals surface area contributed by atoms with Crippen molar-refractivity contribution in [2.45, 2.75) is 13.3 Å². The molecular formula is C20H19NO4. The zero-order chi connectivity index (χ0) is 17.8. The monoisotopic (exact) mass is 337 g/mol. The Morgan fingerprint density at radius 2 is 2.00 bits per heavy atom. The summed E-state index contributed by atoms with van der Waals surface area (Å²) in [6.45, 7) is 2.30. The number of rotatable bonds is 4. The van der Waals surface area contributed by atoms with Crippen molar-refractivity contribution < 1.29 is 19.1 Å². The molecule has 0 saturated heterocycles. The Kier molecular flexibility index (Phi) is 4.84. The minimum absolute atomic E-state index is 0.0687. The first-order valence-electron chi connectivity index (χ1n) is 8.09. The van der Waals surface area contributed by atoms with Crippen LogP contribution in [0, 0.1) is 0 Å². The number of nitrogens with two attached hydrogens (primary N) is 1. The first-order valence-corrected chi connectivity index (χ1v) is 8.09. The molecule has 0 atom stereocenters. The molecule has 25 heavy (non-hydrogen) atoms. The minimum Gasteiger partial charge on any atom is -0.488 e. The van der Waals surface area contributed by atoms with Gasteiger partial charge in [-0.3, -0.25) is 9.59 Å². The van der Waals surface area contributed by atoms with Crippen LogP contribution in [0.5, 0.6) is 5.75 Å². The number of esters is 1. The van der Waals surface area contributed by atoms with E-state index in [2.05, 4.69) is 0 Å². The molecule has 2 aromatic carbocycles. The van der Waals surface area contributed by atoms with E-state index in [1.165, 1.54) is 0 Å². The van der Waals surface area contributed by atoms with E-state index in [9.17, 15) is 9.59 Å². The molecule has 0 radical (unpaired) electrons. The summed E-state index contributed by atoms with van der Waals surface area (Å²) in [6, 6.07) is 12.5. The maximum absolute atomic E-state index is 12.7. The van der Waals surface area contributed by atoms with Crippen molar-refractivity contribution in [3.63, 3.8) is 0 Å². The van der Waals surface area contributed by atoms with Crippen molar-refractivity contribution >= 4 is 23.5 Å². The van der Waals surface area contributed by atoms with Gasteiger partial charge in [-0.15, -0.1) is 0 Å². The van der Waals surface area contributed by atoms with E-state index < -0.39 is 0 Å². The summed E-state index contributed by atoms with van der Waals surface area (Å²) < 4.78 is 10.7. The van der Waals surface area contributed by atoms with Crippen LogP contribution in [0.25, 0.3) is 6.08 Å². The molecule has 1 aliphatic rings. The summed E-state index contributed by atoms with van der Waals surface area (Å²) in [5.41, 5.74) is 9.08. The molecule has 0 fully saturated rings. The molecule has 0 aromatic heterocycles. The third kappa shape index (κ3) is 3.88. The van der Waals surface area contributed by atoms with E-state index >= 15 is 0 Å². The topological polar surface area (TPSA) is 78.6 Å². The molecule has 0 amide bonds. The molecular weight excluding hydrogens is 318 g/mol. The average Bonchev–Trinajstić information content (AvgIpc) is 2.59. The number of nitrogen functional groups attached to an aromatic ring is 1. The highest BCUT2D eigenvalue weighted by molar-refractivity contribution is 6.14. The van der Waals surface area contributed by atoms with E-state index in [0.29, 0.717) is 29.2 Å². The number of carbonyl (C=O) groups excluding carboxylic acids is 2. The Morgan fingerprint density at radius 1 is 1.24 bits per heavy atom. The molecule has 0 bridgehead atoms. The quantitative estimate of drug-likeness (QED) is 0.527. The van der Waals surface area contributed by atoms with Crippen LogP contribution in [0.15, 0.2) is 48.0 Å². The zero-order valence-electron chi connectivity index (χ0n) is 14.0. The summed E-state index contributed by atoms with van der Waals surface area (Å²) in [5.74, 6) is 0.135. The van der Waals surface area contributed by atoms with Crippen LogP contribution < -0.4 is 10.5 Å². The first kappa shape index (κ1) is 16.8. The van der Waals surface area contributed by atoms with E-state index in [1.54, 1.807) is 43.3 Å². The Labute approximate surface area is 146 Å². The summed E-state index contributed by atoms with van der Waals surface area (Å²) in [7, 11) is 0. The molecule has 0 aliphatic carbocycles. The molecule has 2 aromatic rings. The summed E-state index contributed by atoms with van der Waals surface area (Å²) >= 11 is 0. The van der Waals surface area contributed by atoms with E-state index in [-0.39, 0.29) is 24.8 Å². The van der Waals surface area contributed by atoms with Gasteiger partial charge in [0.25, 0.3) is 0 Å². The molecule has 5 heteroatoms. The highest BCUT2D eigenvalue weighted by Crippen LogP contribution is 2.29. The van der Waals surface area contributed by atoms with E-state index in [0.717, 1.165) is 11.1 Å². The van der Waals surface area contributed by atoms with Gasteiger partial charge in [0.1, 0.15) is 12.4 Å². The van der Waals surface area contributed by atoms with Gasteiger partial charge in [0, 0.05) is 11.3 Å². The fourth-order valence-electron chi connectivity index (χ4n) is 2.66. The number of hydrogen-bond acceptors (Lipinski definition) is 5. The summed E-state index contributed by atoms with van der Waals surface area (Å²) in [5, 5.41) is 0. The summed E-state index contributed by atoms with van der Waals surface area (Å²) in [6.07, 6.45) is 1.96. The third-order valence-electron chi connectivity index (χ3n) is 3.90. The molecule has 2 N–H and O–H groups in total. The highest BCUT2D eigenvalue weighted by atomic mass is 16.5. The smallest absolute Gasteiger partial charge is 0.310 e. The fraction of sp³-hybridized carbons (Fsp3) is 0.200. The predicted octanol–water partition coefficient (Wildman–Crippen LogP) is 3.03. The van der Waals surface area contributed by atoms with Crippen molar-refractivity contribution in [2.24, 2.45) is 0 Å². The maximum atomic E-state index is 12.7. The second-order valence-corrected chi connectivity index (χ2v) is 5.77. The van der Waals surface area contributed by atoms with Gasteiger partial charge < -0.3 is 15.2 Å². The molecule has 0 spiro atoms. The number of hydrogen-bond donors (Lipinski definition) is 1. The van der Waals surface area contributed by atoms with Crippen LogP contribution in [-0.4, -0.2) is 25.0 Å². The molecule has 1 aliphatic heterocycles. The number of carbonyl (C=O) groups is 2. The second kappa shape index (κ2) is 7.21. The lowest BCUT2D eigenvalue weighted by molar-refractivity contribution is -0.142. The number of fused-ring (bicyclic) bond motifs is 1. The van der Waals surface area contributed by atoms with Crippen LogP contribution in [-0.2, 0) is 16.0 Å². The summed E-state index contributed by atoms with van der Waals surface area (Å²) in [4.78, 5) is 24.2. The molecule has 0 saturated carbocycles. The minimum atomic E-state index is -0.298. The van der Waals surface area contributed by atoms with Crippen LogP contribution in [0.4, 0.5) is 5.69 Å². The zero-order valence-corrected chi connectivity index (χ0v) is 14.0. The fourth-order valence-corrected chi connectivity index (χ4v) is 2.66. The lowest BCUT2D eigenvalue weighted by atomic mass is 9.96. The number of ether oxygens (including phenoxy) is 2. The van der Waals surface area contributed by atoms with Gasteiger partial charge in [-0.1, -0.05) is 18.2 Å². The van der Waals surface area contributed by atoms with Gasteiger partial charge in [-0.05, 0) is 48.4 Å². The average molecular weight is 337 g/mol. The molecule has 0 unspecified atom stereocenters. The van der Waals surface area contributed by atoms with Gasteiger partial charge in [0.05, 0.1) is 18.6 Å². The predicted molar refractivity (Wildman–Crippen MR) is 95.4 cm³/mol. The third-order valence-corrected chi connectivity index (χ3v) is 3.90. The Balaban J connectivity index is 1.81.